The van der Waals surface area contributed by atoms with Crippen LogP contribution in [0.3, 0.4) is 0 Å². The Morgan fingerprint density at radius 3 is 2.68 bits per heavy atom. The molecule has 3 aromatic rings. The van der Waals surface area contributed by atoms with E-state index in [2.05, 4.69) is 33.7 Å². The summed E-state index contributed by atoms with van der Waals surface area (Å²) in [6.07, 6.45) is 1.65. The van der Waals surface area contributed by atoms with Gasteiger partial charge in [-0.15, -0.1) is 0 Å². The van der Waals surface area contributed by atoms with Gasteiger partial charge >= 0.3 is 0 Å². The van der Waals surface area contributed by atoms with Crippen LogP contribution in [0.5, 0.6) is 11.5 Å². The van der Waals surface area contributed by atoms with Crippen molar-refractivity contribution < 1.29 is 14.3 Å². The lowest BCUT2D eigenvalue weighted by molar-refractivity contribution is -0.114. The van der Waals surface area contributed by atoms with Crippen LogP contribution in [0.1, 0.15) is 22.3 Å². The Morgan fingerprint density at radius 2 is 1.92 bits per heavy atom. The Kier molecular flexibility index (Phi) is 7.12. The Morgan fingerprint density at radius 1 is 1.16 bits per heavy atom. The van der Waals surface area contributed by atoms with Gasteiger partial charge in [0.05, 0.1) is 33.6 Å². The van der Waals surface area contributed by atoms with Crippen molar-refractivity contribution in [3.05, 3.63) is 104 Å². The highest BCUT2D eigenvalue weighted by Crippen LogP contribution is 2.39. The number of aliphatic imine (C=N–C) groups is 1. The van der Waals surface area contributed by atoms with Crippen LogP contribution in [0.2, 0.25) is 0 Å². The minimum absolute atomic E-state index is 0.0671. The summed E-state index contributed by atoms with van der Waals surface area (Å²) in [6.45, 7) is 0.207. The van der Waals surface area contributed by atoms with Gasteiger partial charge in [-0.1, -0.05) is 60.3 Å². The van der Waals surface area contributed by atoms with Crippen molar-refractivity contribution in [2.75, 3.05) is 7.11 Å². The van der Waals surface area contributed by atoms with Gasteiger partial charge in [-0.3, -0.25) is 15.1 Å². The monoisotopic (exact) mass is 618 g/mol. The summed E-state index contributed by atoms with van der Waals surface area (Å²) < 4.78 is 12.4. The van der Waals surface area contributed by atoms with Gasteiger partial charge in [0.15, 0.2) is 16.7 Å². The molecule has 0 saturated heterocycles. The standard InChI is InChI=1S/C28H19IN4O3S/c1-35-24-13-17(12-22(29)25(24)36-15-20-10-6-5-9-19(20)14-30)11-21-26(31)33-23(18-7-3-2-4-8-18)16-37-28(33)32-27(21)34/h2-13,16,31H,15H2,1H3/b21-11-,31-26?. The smallest absolute Gasteiger partial charge is 0.283 e. The van der Waals surface area contributed by atoms with E-state index >= 15 is 0 Å². The second kappa shape index (κ2) is 10.6. The first-order valence-electron chi connectivity index (χ1n) is 11.1. The number of benzene rings is 3. The Labute approximate surface area is 231 Å². The topological polar surface area (TPSA) is 98.8 Å². The number of nitriles is 1. The van der Waals surface area contributed by atoms with E-state index in [0.717, 1.165) is 20.4 Å². The molecule has 0 fully saturated rings. The van der Waals surface area contributed by atoms with E-state index in [4.69, 9.17) is 14.9 Å². The summed E-state index contributed by atoms with van der Waals surface area (Å²) in [6, 6.07) is 22.8. The molecule has 1 N–H and O–H groups in total. The average molecular weight is 618 g/mol. The highest BCUT2D eigenvalue weighted by atomic mass is 127. The molecule has 2 aliphatic heterocycles. The van der Waals surface area contributed by atoms with E-state index in [1.807, 2.05) is 60.0 Å². The fourth-order valence-corrected chi connectivity index (χ4v) is 5.62. The minimum atomic E-state index is -0.464. The van der Waals surface area contributed by atoms with Crippen LogP contribution in [0.4, 0.5) is 0 Å². The highest BCUT2D eigenvalue weighted by Gasteiger charge is 2.36. The van der Waals surface area contributed by atoms with Gasteiger partial charge in [0.25, 0.3) is 5.91 Å². The van der Waals surface area contributed by atoms with Crippen molar-refractivity contribution >= 4 is 63.0 Å². The number of thioether (sulfide) groups is 1. The number of nitrogens with one attached hydrogen (secondary N) is 1. The van der Waals surface area contributed by atoms with Crippen LogP contribution in [0.15, 0.2) is 82.7 Å². The molecule has 0 unspecified atom stereocenters. The van der Waals surface area contributed by atoms with Crippen molar-refractivity contribution in [3.63, 3.8) is 0 Å². The Bertz CT molecular complexity index is 1560. The molecule has 0 aromatic heterocycles. The molecule has 2 heterocycles. The molecule has 1 amide bonds. The molecule has 9 heteroatoms. The molecule has 0 radical (unpaired) electrons. The summed E-state index contributed by atoms with van der Waals surface area (Å²) in [7, 11) is 1.54. The van der Waals surface area contributed by atoms with E-state index in [1.165, 1.54) is 11.8 Å². The van der Waals surface area contributed by atoms with Crippen molar-refractivity contribution in [2.45, 2.75) is 6.61 Å². The van der Waals surface area contributed by atoms with Gasteiger partial charge in [-0.2, -0.15) is 10.3 Å². The lowest BCUT2D eigenvalue weighted by Crippen LogP contribution is -2.38. The van der Waals surface area contributed by atoms with Crippen LogP contribution < -0.4 is 9.47 Å². The molecule has 5 rings (SSSR count). The number of hydrogen-bond donors (Lipinski definition) is 1. The summed E-state index contributed by atoms with van der Waals surface area (Å²) in [5.74, 6) is 0.619. The van der Waals surface area contributed by atoms with Gasteiger partial charge in [0.1, 0.15) is 12.4 Å². The van der Waals surface area contributed by atoms with Crippen molar-refractivity contribution in [2.24, 2.45) is 4.99 Å². The van der Waals surface area contributed by atoms with Crippen molar-refractivity contribution in [1.29, 1.82) is 10.7 Å². The summed E-state index contributed by atoms with van der Waals surface area (Å²) in [5, 5.41) is 20.6. The lowest BCUT2D eigenvalue weighted by atomic mass is 10.1. The van der Waals surface area contributed by atoms with E-state index in [0.29, 0.717) is 27.8 Å². The Hall–Kier alpha value is -3.88. The number of hydrogen-bond acceptors (Lipinski definition) is 6. The molecule has 182 valence electrons. The third-order valence-electron chi connectivity index (χ3n) is 5.76. The largest absolute Gasteiger partial charge is 0.493 e. The minimum Gasteiger partial charge on any atom is -0.493 e. The second-order valence-electron chi connectivity index (χ2n) is 8.02. The molecule has 0 spiro atoms. The highest BCUT2D eigenvalue weighted by molar-refractivity contribution is 14.1. The predicted octanol–water partition coefficient (Wildman–Crippen LogP) is 6.05. The van der Waals surface area contributed by atoms with E-state index in [9.17, 15) is 10.1 Å². The summed E-state index contributed by atoms with van der Waals surface area (Å²) in [5.41, 5.74) is 3.93. The number of rotatable bonds is 6. The maximum absolute atomic E-state index is 12.9. The van der Waals surface area contributed by atoms with Gasteiger partial charge < -0.3 is 9.47 Å². The average Bonchev–Trinajstić information content (AvgIpc) is 3.34. The molecule has 0 aliphatic carbocycles. The zero-order valence-corrected chi connectivity index (χ0v) is 22.5. The van der Waals surface area contributed by atoms with Crippen LogP contribution in [-0.4, -0.2) is 28.9 Å². The maximum atomic E-state index is 12.9. The molecule has 37 heavy (non-hydrogen) atoms. The Balaban J connectivity index is 1.44. The number of ether oxygens (including phenoxy) is 2. The first kappa shape index (κ1) is 24.8. The van der Waals surface area contributed by atoms with E-state index in [1.54, 1.807) is 30.2 Å². The van der Waals surface area contributed by atoms with Gasteiger partial charge in [0, 0.05) is 11.0 Å². The summed E-state index contributed by atoms with van der Waals surface area (Å²) >= 11 is 3.48. The molecule has 0 saturated carbocycles. The van der Waals surface area contributed by atoms with Crippen molar-refractivity contribution in [3.8, 4) is 17.6 Å². The summed E-state index contributed by atoms with van der Waals surface area (Å²) in [4.78, 5) is 18.8. The first-order chi connectivity index (χ1) is 18.0. The number of nitrogens with zero attached hydrogens (tertiary/aromatic N) is 3. The number of carbonyl (C=O) groups excluding carboxylic acids is 1. The molecule has 7 nitrogen and oxygen atoms in total. The lowest BCUT2D eigenvalue weighted by Gasteiger charge is -2.27. The van der Waals surface area contributed by atoms with Crippen LogP contribution in [-0.2, 0) is 11.4 Å². The normalized spacial score (nSPS) is 15.7. The number of halogens is 1. The molecule has 0 atom stereocenters. The van der Waals surface area contributed by atoms with Gasteiger partial charge in [-0.05, 0) is 58.0 Å². The molecule has 0 bridgehead atoms. The number of amides is 1. The van der Waals surface area contributed by atoms with Crippen LogP contribution in [0.25, 0.3) is 11.8 Å². The fraction of sp³-hybridized carbons (Fsp3) is 0.0714. The van der Waals surface area contributed by atoms with E-state index < -0.39 is 5.91 Å². The third kappa shape index (κ3) is 4.90. The zero-order chi connectivity index (χ0) is 25.9. The maximum Gasteiger partial charge on any atom is 0.283 e. The van der Waals surface area contributed by atoms with Crippen LogP contribution >= 0.6 is 34.4 Å². The van der Waals surface area contributed by atoms with Gasteiger partial charge in [-0.25, -0.2) is 0 Å². The van der Waals surface area contributed by atoms with Gasteiger partial charge in [0.2, 0.25) is 0 Å². The number of carbonyl (C=O) groups is 1. The second-order valence-corrected chi connectivity index (χ2v) is 10.0. The predicted molar refractivity (Wildman–Crippen MR) is 153 cm³/mol. The molecular weight excluding hydrogens is 599 g/mol. The van der Waals surface area contributed by atoms with Crippen molar-refractivity contribution in [1.82, 2.24) is 4.90 Å². The SMILES string of the molecule is COc1cc(/C=C2/C(=N)N3C(c4ccccc4)=CSC3=NC2=O)cc(I)c1OCc1ccccc1C#N. The number of amidine groups is 2. The third-order valence-corrected chi connectivity index (χ3v) is 7.38. The first-order valence-corrected chi connectivity index (χ1v) is 13.1. The quantitative estimate of drug-likeness (QED) is 0.267. The zero-order valence-electron chi connectivity index (χ0n) is 19.6. The molecular formula is C28H19IN4O3S. The molecule has 3 aromatic carbocycles. The number of fused-ring (bicyclic) bond motifs is 1. The van der Waals surface area contributed by atoms with Crippen LogP contribution in [0, 0.1) is 20.3 Å². The number of methoxy groups -OCH3 is 1. The van der Waals surface area contributed by atoms with E-state index in [-0.39, 0.29) is 18.0 Å². The fourth-order valence-electron chi connectivity index (χ4n) is 3.95. The molecule has 2 aliphatic rings.